The molecule has 2 aromatic rings. The number of phenols is 1. The molecule has 0 atom stereocenters. The van der Waals surface area contributed by atoms with Gasteiger partial charge in [-0.15, -0.1) is 0 Å². The Morgan fingerprint density at radius 1 is 1.20 bits per heavy atom. The summed E-state index contributed by atoms with van der Waals surface area (Å²) >= 11 is 14.1. The van der Waals surface area contributed by atoms with Crippen LogP contribution >= 0.6 is 45.8 Å². The summed E-state index contributed by atoms with van der Waals surface area (Å²) in [7, 11) is 0. The van der Waals surface area contributed by atoms with Crippen molar-refractivity contribution in [1.29, 1.82) is 0 Å². The minimum Gasteiger partial charge on any atom is -0.507 e. The highest BCUT2D eigenvalue weighted by atomic mass is 127. The van der Waals surface area contributed by atoms with E-state index in [-0.39, 0.29) is 11.3 Å². The van der Waals surface area contributed by atoms with Crippen molar-refractivity contribution in [3.8, 4) is 5.75 Å². The van der Waals surface area contributed by atoms with Crippen molar-refractivity contribution in [2.24, 2.45) is 0 Å². The quantitative estimate of drug-likeness (QED) is 0.680. The summed E-state index contributed by atoms with van der Waals surface area (Å²) in [4.78, 5) is 12.2. The second-order valence-corrected chi connectivity index (χ2v) is 6.26. The van der Waals surface area contributed by atoms with E-state index in [1.54, 1.807) is 24.3 Å². The summed E-state index contributed by atoms with van der Waals surface area (Å²) in [5.41, 5.74) is 1.42. The van der Waals surface area contributed by atoms with Gasteiger partial charge >= 0.3 is 0 Å². The van der Waals surface area contributed by atoms with Gasteiger partial charge in [-0.05, 0) is 65.4 Å². The monoisotopic (exact) mass is 421 g/mol. The normalized spacial score (nSPS) is 10.4. The average Bonchev–Trinajstić information content (AvgIpc) is 2.38. The van der Waals surface area contributed by atoms with Crippen molar-refractivity contribution in [2.45, 2.75) is 6.92 Å². The number of hydrogen-bond donors (Lipinski definition) is 2. The second kappa shape index (κ2) is 6.20. The highest BCUT2D eigenvalue weighted by Gasteiger charge is 2.14. The van der Waals surface area contributed by atoms with Gasteiger partial charge in [-0.1, -0.05) is 23.2 Å². The van der Waals surface area contributed by atoms with Crippen LogP contribution in [0.3, 0.4) is 0 Å². The number of nitrogens with one attached hydrogen (secondary N) is 1. The van der Waals surface area contributed by atoms with Gasteiger partial charge in [-0.3, -0.25) is 4.79 Å². The van der Waals surface area contributed by atoms with Crippen molar-refractivity contribution >= 4 is 57.4 Å². The second-order valence-electron chi connectivity index (χ2n) is 4.20. The van der Waals surface area contributed by atoms with Crippen LogP contribution in [0, 0.1) is 10.5 Å². The lowest BCUT2D eigenvalue weighted by atomic mass is 10.1. The molecule has 0 radical (unpaired) electrons. The Balaban J connectivity index is 2.32. The molecule has 0 aliphatic heterocycles. The molecule has 0 bridgehead atoms. The van der Waals surface area contributed by atoms with Gasteiger partial charge in [0.1, 0.15) is 5.75 Å². The molecular weight excluding hydrogens is 412 g/mol. The summed E-state index contributed by atoms with van der Waals surface area (Å²) < 4.78 is 0.846. The lowest BCUT2D eigenvalue weighted by Crippen LogP contribution is -2.12. The Kier molecular flexibility index (Phi) is 4.78. The topological polar surface area (TPSA) is 49.3 Å². The minimum atomic E-state index is -0.442. The fourth-order valence-corrected chi connectivity index (χ4v) is 2.54. The van der Waals surface area contributed by atoms with Crippen molar-refractivity contribution in [3.05, 3.63) is 55.1 Å². The SMILES string of the molecule is Cc1cc(Cl)c(NC(=O)c2cc(I)ccc2O)cc1Cl. The smallest absolute Gasteiger partial charge is 0.259 e. The molecule has 0 saturated heterocycles. The largest absolute Gasteiger partial charge is 0.507 e. The fraction of sp³-hybridized carbons (Fsp3) is 0.0714. The maximum absolute atomic E-state index is 12.2. The van der Waals surface area contributed by atoms with Gasteiger partial charge in [-0.2, -0.15) is 0 Å². The number of aryl methyl sites for hydroxylation is 1. The minimum absolute atomic E-state index is 0.0859. The van der Waals surface area contributed by atoms with Gasteiger partial charge in [0.25, 0.3) is 5.91 Å². The van der Waals surface area contributed by atoms with Crippen LogP contribution in [-0.4, -0.2) is 11.0 Å². The first-order valence-electron chi connectivity index (χ1n) is 5.64. The van der Waals surface area contributed by atoms with Gasteiger partial charge in [0.2, 0.25) is 0 Å². The Bertz CT molecular complexity index is 689. The molecule has 104 valence electrons. The first kappa shape index (κ1) is 15.4. The highest BCUT2D eigenvalue weighted by Crippen LogP contribution is 2.30. The molecule has 0 aliphatic rings. The fourth-order valence-electron chi connectivity index (χ4n) is 1.62. The van der Waals surface area contributed by atoms with Crippen molar-refractivity contribution in [3.63, 3.8) is 0 Å². The number of halogens is 3. The van der Waals surface area contributed by atoms with Gasteiger partial charge in [0.05, 0.1) is 16.3 Å². The van der Waals surface area contributed by atoms with Crippen LogP contribution in [-0.2, 0) is 0 Å². The predicted octanol–water partition coefficient (Wildman–Crippen LogP) is 4.86. The molecule has 20 heavy (non-hydrogen) atoms. The van der Waals surface area contributed by atoms with Crippen LogP contribution in [0.25, 0.3) is 0 Å². The van der Waals surface area contributed by atoms with Gasteiger partial charge in [0.15, 0.2) is 0 Å². The van der Waals surface area contributed by atoms with E-state index in [0.717, 1.165) is 9.13 Å². The summed E-state index contributed by atoms with van der Waals surface area (Å²) in [6.07, 6.45) is 0. The lowest BCUT2D eigenvalue weighted by molar-refractivity contribution is 0.102. The predicted molar refractivity (Wildman–Crippen MR) is 90.0 cm³/mol. The number of hydrogen-bond acceptors (Lipinski definition) is 2. The third-order valence-corrected chi connectivity index (χ3v) is 4.09. The summed E-state index contributed by atoms with van der Waals surface area (Å²) in [5, 5.41) is 13.3. The van der Waals surface area contributed by atoms with E-state index in [0.29, 0.717) is 15.7 Å². The van der Waals surface area contributed by atoms with E-state index in [2.05, 4.69) is 27.9 Å². The Labute approximate surface area is 140 Å². The molecular formula is C14H10Cl2INO2. The molecule has 6 heteroatoms. The number of rotatable bonds is 2. The third kappa shape index (κ3) is 3.37. The summed E-state index contributed by atoms with van der Waals surface area (Å²) in [5.74, 6) is -0.528. The highest BCUT2D eigenvalue weighted by molar-refractivity contribution is 14.1. The molecule has 0 fully saturated rings. The molecule has 1 amide bonds. The van der Waals surface area contributed by atoms with Crippen molar-refractivity contribution in [1.82, 2.24) is 0 Å². The first-order valence-corrected chi connectivity index (χ1v) is 7.47. The van der Waals surface area contributed by atoms with Crippen LogP contribution in [0.15, 0.2) is 30.3 Å². The summed E-state index contributed by atoms with van der Waals surface area (Å²) in [6.45, 7) is 1.82. The van der Waals surface area contributed by atoms with Crippen molar-refractivity contribution in [2.75, 3.05) is 5.32 Å². The Morgan fingerprint density at radius 3 is 2.60 bits per heavy atom. The average molecular weight is 422 g/mol. The number of aromatic hydroxyl groups is 1. The number of benzene rings is 2. The molecule has 0 aliphatic carbocycles. The van der Waals surface area contributed by atoms with Crippen LogP contribution < -0.4 is 5.32 Å². The van der Waals surface area contributed by atoms with Crippen molar-refractivity contribution < 1.29 is 9.90 Å². The number of anilines is 1. The van der Waals surface area contributed by atoms with E-state index in [1.807, 2.05) is 6.92 Å². The Morgan fingerprint density at radius 2 is 1.90 bits per heavy atom. The van der Waals surface area contributed by atoms with Gasteiger partial charge in [-0.25, -0.2) is 0 Å². The van der Waals surface area contributed by atoms with E-state index in [9.17, 15) is 9.90 Å². The Hall–Kier alpha value is -0.980. The zero-order valence-electron chi connectivity index (χ0n) is 10.4. The number of phenolic OH excluding ortho intramolecular Hbond substituents is 1. The van der Waals surface area contributed by atoms with Crippen LogP contribution in [0.5, 0.6) is 5.75 Å². The van der Waals surface area contributed by atoms with Gasteiger partial charge in [0, 0.05) is 8.59 Å². The third-order valence-electron chi connectivity index (χ3n) is 2.70. The van der Waals surface area contributed by atoms with Crippen LogP contribution in [0.4, 0.5) is 5.69 Å². The number of carbonyl (C=O) groups is 1. The maximum Gasteiger partial charge on any atom is 0.259 e. The molecule has 0 spiro atoms. The lowest BCUT2D eigenvalue weighted by Gasteiger charge is -2.10. The molecule has 0 heterocycles. The van der Waals surface area contributed by atoms with Crippen LogP contribution in [0.2, 0.25) is 10.0 Å². The molecule has 2 aromatic carbocycles. The van der Waals surface area contributed by atoms with Crippen LogP contribution in [0.1, 0.15) is 15.9 Å². The molecule has 2 rings (SSSR count). The van der Waals surface area contributed by atoms with E-state index >= 15 is 0 Å². The summed E-state index contributed by atoms with van der Waals surface area (Å²) in [6, 6.07) is 8.04. The molecule has 3 nitrogen and oxygen atoms in total. The molecule has 0 saturated carbocycles. The van der Waals surface area contributed by atoms with E-state index < -0.39 is 5.91 Å². The molecule has 2 N–H and O–H groups in total. The van der Waals surface area contributed by atoms with Gasteiger partial charge < -0.3 is 10.4 Å². The number of carbonyl (C=O) groups excluding carboxylic acids is 1. The van der Waals surface area contributed by atoms with E-state index in [1.165, 1.54) is 6.07 Å². The molecule has 0 aromatic heterocycles. The standard InChI is InChI=1S/C14H10Cl2INO2/c1-7-4-11(16)12(6-10(7)15)18-14(20)9-5-8(17)2-3-13(9)19/h2-6,19H,1H3,(H,18,20). The number of amides is 1. The van der Waals surface area contributed by atoms with E-state index in [4.69, 9.17) is 23.2 Å². The first-order chi connectivity index (χ1) is 9.38. The molecule has 0 unspecified atom stereocenters. The maximum atomic E-state index is 12.2. The zero-order chi connectivity index (χ0) is 14.9. The zero-order valence-corrected chi connectivity index (χ0v) is 14.0.